The molecule has 50 heavy (non-hydrogen) atoms. The first-order valence-corrected chi connectivity index (χ1v) is 17.2. The lowest BCUT2D eigenvalue weighted by molar-refractivity contribution is 0.0483. The number of amides is 2. The number of hydrogen-bond acceptors (Lipinski definition) is 5. The molecule has 0 unspecified atom stereocenters. The molecule has 0 fully saturated rings. The zero-order valence-corrected chi connectivity index (χ0v) is 30.8. The smallest absolute Gasteiger partial charge is 0.408 e. The molecule has 0 aliphatic rings. The molecule has 0 spiro atoms. The van der Waals surface area contributed by atoms with E-state index in [2.05, 4.69) is 63.8 Å². The first kappa shape index (κ1) is 36.2. The van der Waals surface area contributed by atoms with E-state index in [0.29, 0.717) is 11.6 Å². The van der Waals surface area contributed by atoms with Crippen molar-refractivity contribution in [1.82, 2.24) is 30.2 Å². The number of aromatic nitrogens is 4. The number of nitrogens with zero attached hydrogens (tertiary/aromatic N) is 3. The van der Waals surface area contributed by atoms with E-state index in [4.69, 9.17) is 14.7 Å². The summed E-state index contributed by atoms with van der Waals surface area (Å²) in [6.07, 6.45) is 2.28. The van der Waals surface area contributed by atoms with Crippen LogP contribution in [-0.4, -0.2) is 53.3 Å². The average molecular weight is 679 g/mol. The van der Waals surface area contributed by atoms with Crippen molar-refractivity contribution in [3.63, 3.8) is 0 Å². The van der Waals surface area contributed by atoms with Crippen LogP contribution < -0.4 is 5.32 Å². The minimum absolute atomic E-state index is 0.0257. The van der Waals surface area contributed by atoms with E-state index in [1.807, 2.05) is 93.8 Å². The van der Waals surface area contributed by atoms with Crippen LogP contribution in [0.25, 0.3) is 44.4 Å². The van der Waals surface area contributed by atoms with E-state index >= 15 is 0 Å². The highest BCUT2D eigenvalue weighted by Gasteiger charge is 2.37. The van der Waals surface area contributed by atoms with Gasteiger partial charge in [-0.2, -0.15) is 0 Å². The van der Waals surface area contributed by atoms with Crippen LogP contribution in [0.5, 0.6) is 0 Å². The SMILES string of the molecule is CC(C)[C@H](NC(=O)OC(C)(C)C)c1nc(-c2ccc3cc(-c4ccc(-c5c[nH]c([C@H](C(C)C)N(C(=O)O)C(C)(C)C)n5)cc4)ccc3c2)c[nH]1. The number of carbonyl (C=O) groups excluding carboxylic acids is 1. The third-order valence-corrected chi connectivity index (χ3v) is 8.60. The molecule has 0 bridgehead atoms. The quantitative estimate of drug-likeness (QED) is 0.122. The van der Waals surface area contributed by atoms with Gasteiger partial charge in [0.1, 0.15) is 17.2 Å². The summed E-state index contributed by atoms with van der Waals surface area (Å²) in [6.45, 7) is 19.3. The van der Waals surface area contributed by atoms with Gasteiger partial charge < -0.3 is 25.1 Å². The number of benzene rings is 3. The van der Waals surface area contributed by atoms with Gasteiger partial charge in [0, 0.05) is 29.1 Å². The molecule has 0 aliphatic heterocycles. The maximum Gasteiger partial charge on any atom is 0.408 e. The molecule has 5 aromatic rings. The van der Waals surface area contributed by atoms with Crippen LogP contribution in [0.3, 0.4) is 0 Å². The summed E-state index contributed by atoms with van der Waals surface area (Å²) in [5, 5.41) is 15.2. The second-order valence-electron chi connectivity index (χ2n) is 15.6. The Morgan fingerprint density at radius 2 is 1.22 bits per heavy atom. The van der Waals surface area contributed by atoms with E-state index in [9.17, 15) is 14.7 Å². The molecule has 2 aromatic heterocycles. The van der Waals surface area contributed by atoms with E-state index in [1.165, 1.54) is 4.90 Å². The lowest BCUT2D eigenvalue weighted by atomic mass is 9.96. The fraction of sp³-hybridized carbons (Fsp3) is 0.400. The molecule has 2 heterocycles. The van der Waals surface area contributed by atoms with E-state index in [-0.39, 0.29) is 17.9 Å². The molecule has 0 radical (unpaired) electrons. The summed E-state index contributed by atoms with van der Waals surface area (Å²) in [5.74, 6) is 1.44. The van der Waals surface area contributed by atoms with Crippen molar-refractivity contribution in [3.05, 3.63) is 84.7 Å². The molecular weight excluding hydrogens is 628 g/mol. The maximum atomic E-state index is 12.5. The second kappa shape index (κ2) is 14.0. The highest BCUT2D eigenvalue weighted by molar-refractivity contribution is 5.90. The predicted molar refractivity (Wildman–Crippen MR) is 199 cm³/mol. The Hall–Kier alpha value is -5.12. The summed E-state index contributed by atoms with van der Waals surface area (Å²) in [7, 11) is 0. The molecule has 3 aromatic carbocycles. The molecular formula is C40H50N6O4. The average Bonchev–Trinajstić information content (AvgIpc) is 3.71. The van der Waals surface area contributed by atoms with Gasteiger partial charge >= 0.3 is 12.2 Å². The van der Waals surface area contributed by atoms with E-state index in [1.54, 1.807) is 0 Å². The molecule has 2 atom stereocenters. The Balaban J connectivity index is 1.33. The number of imidazole rings is 2. The second-order valence-corrected chi connectivity index (χ2v) is 15.6. The number of alkyl carbamates (subject to hydrolysis) is 1. The summed E-state index contributed by atoms with van der Waals surface area (Å²) >= 11 is 0. The van der Waals surface area contributed by atoms with Crippen molar-refractivity contribution < 1.29 is 19.4 Å². The van der Waals surface area contributed by atoms with Crippen molar-refractivity contribution in [3.8, 4) is 33.6 Å². The maximum absolute atomic E-state index is 12.5. The monoisotopic (exact) mass is 678 g/mol. The number of ether oxygens (including phenoxy) is 1. The Morgan fingerprint density at radius 3 is 1.76 bits per heavy atom. The van der Waals surface area contributed by atoms with Crippen LogP contribution in [0.1, 0.15) is 93.0 Å². The van der Waals surface area contributed by atoms with Crippen molar-refractivity contribution >= 4 is 23.0 Å². The van der Waals surface area contributed by atoms with Crippen LogP contribution in [-0.2, 0) is 4.74 Å². The van der Waals surface area contributed by atoms with Crippen LogP contribution >= 0.6 is 0 Å². The van der Waals surface area contributed by atoms with Gasteiger partial charge in [0.2, 0.25) is 0 Å². The number of fused-ring (bicyclic) bond motifs is 1. The fourth-order valence-electron chi connectivity index (χ4n) is 6.24. The van der Waals surface area contributed by atoms with Gasteiger partial charge in [-0.15, -0.1) is 0 Å². The summed E-state index contributed by atoms with van der Waals surface area (Å²) in [5.41, 5.74) is 4.49. The standard InChI is InChI=1S/C40H50N6O4/c1-23(2)33(45-37(47)50-40(8,9)10)35-41-22-32(43-35)30-18-17-28-19-27(15-16-29(28)20-30)25-11-13-26(14-12-25)31-21-42-36(44-31)34(24(3)4)46(38(48)49)39(5,6)7/h11-24,33-34H,1-10H3,(H,41,43)(H,42,44)(H,45,47)(H,48,49)/t33-,34-/m0/s1. The summed E-state index contributed by atoms with van der Waals surface area (Å²) in [4.78, 5) is 42.4. The molecule has 0 saturated carbocycles. The summed E-state index contributed by atoms with van der Waals surface area (Å²) < 4.78 is 5.47. The fourth-order valence-corrected chi connectivity index (χ4v) is 6.24. The molecule has 264 valence electrons. The first-order chi connectivity index (χ1) is 23.4. The zero-order chi connectivity index (χ0) is 36.5. The summed E-state index contributed by atoms with van der Waals surface area (Å²) in [6, 6.07) is 20.2. The minimum Gasteiger partial charge on any atom is -0.465 e. The molecule has 10 nitrogen and oxygen atoms in total. The lowest BCUT2D eigenvalue weighted by Crippen LogP contribution is -2.49. The highest BCUT2D eigenvalue weighted by Crippen LogP contribution is 2.35. The third kappa shape index (κ3) is 8.18. The van der Waals surface area contributed by atoms with Gasteiger partial charge in [0.15, 0.2) is 0 Å². The number of nitrogens with one attached hydrogen (secondary N) is 3. The van der Waals surface area contributed by atoms with Crippen LogP contribution in [0.15, 0.2) is 73.1 Å². The first-order valence-electron chi connectivity index (χ1n) is 17.2. The Morgan fingerprint density at radius 1 is 0.720 bits per heavy atom. The molecule has 0 saturated heterocycles. The van der Waals surface area contributed by atoms with Crippen molar-refractivity contribution in [2.75, 3.05) is 0 Å². The zero-order valence-electron chi connectivity index (χ0n) is 30.8. The third-order valence-electron chi connectivity index (χ3n) is 8.60. The Labute approximate surface area is 294 Å². The molecule has 2 amide bonds. The van der Waals surface area contributed by atoms with E-state index in [0.717, 1.165) is 44.4 Å². The molecule has 10 heteroatoms. The van der Waals surface area contributed by atoms with Gasteiger partial charge in [-0.25, -0.2) is 19.6 Å². The van der Waals surface area contributed by atoms with Gasteiger partial charge in [0.25, 0.3) is 0 Å². The van der Waals surface area contributed by atoms with Gasteiger partial charge in [-0.1, -0.05) is 76.2 Å². The van der Waals surface area contributed by atoms with Gasteiger partial charge in [0.05, 0.1) is 23.5 Å². The van der Waals surface area contributed by atoms with Crippen molar-refractivity contribution in [1.29, 1.82) is 0 Å². The Bertz CT molecular complexity index is 1960. The van der Waals surface area contributed by atoms with Gasteiger partial charge in [-0.05, 0) is 87.4 Å². The van der Waals surface area contributed by atoms with Gasteiger partial charge in [-0.3, -0.25) is 4.90 Å². The van der Waals surface area contributed by atoms with Crippen LogP contribution in [0.2, 0.25) is 0 Å². The number of hydrogen-bond donors (Lipinski definition) is 4. The lowest BCUT2D eigenvalue weighted by Gasteiger charge is -2.40. The molecule has 4 N–H and O–H groups in total. The highest BCUT2D eigenvalue weighted by atomic mass is 16.6. The van der Waals surface area contributed by atoms with E-state index < -0.39 is 29.4 Å². The number of carboxylic acid groups (broad SMARTS) is 1. The predicted octanol–water partition coefficient (Wildman–Crippen LogP) is 9.98. The number of H-pyrrole nitrogens is 2. The number of aromatic amines is 2. The van der Waals surface area contributed by atoms with Crippen LogP contribution in [0.4, 0.5) is 9.59 Å². The topological polar surface area (TPSA) is 136 Å². The number of rotatable bonds is 9. The minimum atomic E-state index is -0.968. The van der Waals surface area contributed by atoms with Crippen molar-refractivity contribution in [2.45, 2.75) is 92.5 Å². The normalized spacial score (nSPS) is 13.4. The number of carbonyl (C=O) groups is 2. The molecule has 5 rings (SSSR count). The largest absolute Gasteiger partial charge is 0.465 e. The molecule has 0 aliphatic carbocycles. The van der Waals surface area contributed by atoms with Crippen LogP contribution in [0, 0.1) is 11.8 Å². The van der Waals surface area contributed by atoms with Crippen molar-refractivity contribution in [2.24, 2.45) is 11.8 Å². The Kier molecular flexibility index (Phi) is 10.1.